The Morgan fingerprint density at radius 1 is 1.44 bits per heavy atom. The average molecular weight is 469 g/mol. The Balaban J connectivity index is 1.85. The second kappa shape index (κ2) is 7.53. The lowest BCUT2D eigenvalue weighted by atomic mass is 9.96. The average Bonchev–Trinajstić information content (AvgIpc) is 3.19. The van der Waals surface area contributed by atoms with Crippen LogP contribution in [0.5, 0.6) is 11.5 Å². The highest BCUT2D eigenvalue weighted by Gasteiger charge is 2.44. The van der Waals surface area contributed by atoms with Crippen LogP contribution in [-0.4, -0.2) is 38.6 Å². The van der Waals surface area contributed by atoms with Gasteiger partial charge in [0.25, 0.3) is 0 Å². The minimum Gasteiger partial charge on any atom is -0.503 e. The lowest BCUT2D eigenvalue weighted by Gasteiger charge is -2.29. The number of hydrogen-bond donors (Lipinski definition) is 1. The van der Waals surface area contributed by atoms with Crippen LogP contribution in [0.1, 0.15) is 37.2 Å². The molecule has 1 saturated heterocycles. The zero-order valence-corrected chi connectivity index (χ0v) is 18.1. The lowest BCUT2D eigenvalue weighted by molar-refractivity contribution is 0.306. The molecule has 0 radical (unpaired) electrons. The van der Waals surface area contributed by atoms with Crippen molar-refractivity contribution in [1.29, 1.82) is 0 Å². The quantitative estimate of drug-likeness (QED) is 0.669. The van der Waals surface area contributed by atoms with E-state index in [-0.39, 0.29) is 22.9 Å². The number of ether oxygens (including phenoxy) is 1. The van der Waals surface area contributed by atoms with Crippen molar-refractivity contribution in [2.24, 2.45) is 4.99 Å². The predicted octanol–water partition coefficient (Wildman–Crippen LogP) is 5.19. The van der Waals surface area contributed by atoms with Crippen LogP contribution >= 0.6 is 39.3 Å². The smallest absolute Gasteiger partial charge is 0.177 e. The van der Waals surface area contributed by atoms with Gasteiger partial charge < -0.3 is 14.7 Å². The number of benzene rings is 1. The number of aromatic nitrogens is 1. The van der Waals surface area contributed by atoms with E-state index in [1.807, 2.05) is 31.2 Å². The number of thioether (sulfide) groups is 1. The molecule has 1 aromatic carbocycles. The number of phenols is 1. The number of pyridine rings is 1. The molecule has 0 unspecified atom stereocenters. The summed E-state index contributed by atoms with van der Waals surface area (Å²) in [7, 11) is 0. The van der Waals surface area contributed by atoms with Crippen molar-refractivity contribution >= 4 is 44.5 Å². The summed E-state index contributed by atoms with van der Waals surface area (Å²) >= 11 is 11.8. The van der Waals surface area contributed by atoms with Crippen molar-refractivity contribution in [3.63, 3.8) is 0 Å². The van der Waals surface area contributed by atoms with Crippen LogP contribution in [-0.2, 0) is 0 Å². The molecule has 27 heavy (non-hydrogen) atoms. The molecule has 1 N–H and O–H groups in total. The molecule has 2 aliphatic heterocycles. The van der Waals surface area contributed by atoms with E-state index in [1.165, 1.54) is 0 Å². The van der Waals surface area contributed by atoms with Gasteiger partial charge in [0.2, 0.25) is 0 Å². The Kier molecular flexibility index (Phi) is 5.27. The molecule has 0 spiro atoms. The van der Waals surface area contributed by atoms with E-state index in [1.54, 1.807) is 18.0 Å². The molecule has 2 aromatic rings. The van der Waals surface area contributed by atoms with E-state index in [9.17, 15) is 5.11 Å². The predicted molar refractivity (Wildman–Crippen MR) is 113 cm³/mol. The van der Waals surface area contributed by atoms with Crippen LogP contribution in [0.15, 0.2) is 39.9 Å². The van der Waals surface area contributed by atoms with E-state index in [2.05, 4.69) is 32.7 Å². The van der Waals surface area contributed by atoms with Gasteiger partial charge in [0.05, 0.1) is 18.3 Å². The number of amidine groups is 1. The third-order valence-electron chi connectivity index (χ3n) is 4.67. The minimum atomic E-state index is -0.146. The van der Waals surface area contributed by atoms with Crippen molar-refractivity contribution in [3.8, 4) is 11.5 Å². The molecule has 8 heteroatoms. The molecule has 5 nitrogen and oxygen atoms in total. The van der Waals surface area contributed by atoms with Crippen LogP contribution < -0.4 is 4.74 Å². The molecule has 0 amide bonds. The molecule has 0 saturated carbocycles. The van der Waals surface area contributed by atoms with Gasteiger partial charge in [0, 0.05) is 22.5 Å². The number of aromatic hydroxyl groups is 1. The Morgan fingerprint density at radius 2 is 2.26 bits per heavy atom. The van der Waals surface area contributed by atoms with Gasteiger partial charge in [0.15, 0.2) is 16.7 Å². The first kappa shape index (κ1) is 18.9. The summed E-state index contributed by atoms with van der Waals surface area (Å²) in [5.41, 5.74) is 1.84. The molecular formula is C19H19BrClN3O2S. The highest BCUT2D eigenvalue weighted by molar-refractivity contribution is 9.10. The number of fused-ring (bicyclic) bond motifs is 1. The molecule has 0 aliphatic carbocycles. The molecule has 3 heterocycles. The summed E-state index contributed by atoms with van der Waals surface area (Å²) in [5.74, 6) is 0.334. The topological polar surface area (TPSA) is 58.0 Å². The monoisotopic (exact) mass is 467 g/mol. The molecule has 2 aliphatic rings. The molecule has 4 rings (SSSR count). The van der Waals surface area contributed by atoms with Crippen LogP contribution in [0.3, 0.4) is 0 Å². The number of phenolic OH excluding ortho intramolecular Hbond substituents is 1. The molecule has 1 fully saturated rings. The Morgan fingerprint density at radius 3 is 2.96 bits per heavy atom. The summed E-state index contributed by atoms with van der Waals surface area (Å²) in [6, 6.07) is 7.52. The summed E-state index contributed by atoms with van der Waals surface area (Å²) in [6.07, 6.45) is 1.79. The van der Waals surface area contributed by atoms with Crippen molar-refractivity contribution in [2.75, 3.05) is 13.2 Å². The summed E-state index contributed by atoms with van der Waals surface area (Å²) in [4.78, 5) is 11.8. The van der Waals surface area contributed by atoms with Gasteiger partial charge in [-0.3, -0.25) is 9.98 Å². The summed E-state index contributed by atoms with van der Waals surface area (Å²) in [6.45, 7) is 5.41. The highest BCUT2D eigenvalue weighted by Crippen LogP contribution is 2.52. The van der Waals surface area contributed by atoms with E-state index >= 15 is 0 Å². The zero-order valence-electron chi connectivity index (χ0n) is 14.9. The largest absolute Gasteiger partial charge is 0.503 e. The standard InChI is InChI=1S/C19H19BrClN3O2S/c1-3-26-13-8-11(14(20)15(21)18(13)25)17-16(12-6-4-5-7-22-12)23-19-24(17)9-10(2)27-19/h4-8,10,16-17,25H,3,9H2,1-2H3/t10-,16-,17+/m0/s1. The fraction of sp³-hybridized carbons (Fsp3) is 0.368. The number of halogens is 2. The number of aliphatic imine (C=N–C) groups is 1. The van der Waals surface area contributed by atoms with E-state index in [4.69, 9.17) is 21.3 Å². The van der Waals surface area contributed by atoms with Gasteiger partial charge in [-0.25, -0.2) is 0 Å². The van der Waals surface area contributed by atoms with Crippen LogP contribution in [0.25, 0.3) is 0 Å². The van der Waals surface area contributed by atoms with Crippen molar-refractivity contribution < 1.29 is 9.84 Å². The Bertz CT molecular complexity index is 896. The van der Waals surface area contributed by atoms with Crippen LogP contribution in [0, 0.1) is 0 Å². The van der Waals surface area contributed by atoms with Crippen LogP contribution in [0.2, 0.25) is 5.02 Å². The molecule has 142 valence electrons. The van der Waals surface area contributed by atoms with Crippen molar-refractivity contribution in [1.82, 2.24) is 9.88 Å². The number of hydrogen-bond acceptors (Lipinski definition) is 6. The van der Waals surface area contributed by atoms with Crippen molar-refractivity contribution in [3.05, 3.63) is 51.2 Å². The maximum atomic E-state index is 10.3. The van der Waals surface area contributed by atoms with Gasteiger partial charge in [-0.1, -0.05) is 36.4 Å². The first-order valence-corrected chi connectivity index (χ1v) is 10.8. The molecular weight excluding hydrogens is 450 g/mol. The zero-order chi connectivity index (χ0) is 19.1. The minimum absolute atomic E-state index is 0.0492. The highest BCUT2D eigenvalue weighted by atomic mass is 79.9. The van der Waals surface area contributed by atoms with E-state index in [0.717, 1.165) is 23.0 Å². The first-order valence-electron chi connectivity index (χ1n) is 8.77. The van der Waals surface area contributed by atoms with Crippen LogP contribution in [0.4, 0.5) is 0 Å². The van der Waals surface area contributed by atoms with E-state index in [0.29, 0.717) is 22.1 Å². The van der Waals surface area contributed by atoms with Gasteiger partial charge in [-0.15, -0.1) is 0 Å². The van der Waals surface area contributed by atoms with Gasteiger partial charge in [-0.2, -0.15) is 0 Å². The lowest BCUT2D eigenvalue weighted by Crippen LogP contribution is -2.29. The fourth-order valence-corrected chi connectivity index (χ4v) is 5.38. The van der Waals surface area contributed by atoms with Gasteiger partial charge in [0.1, 0.15) is 11.1 Å². The Labute approximate surface area is 175 Å². The molecule has 1 aromatic heterocycles. The maximum absolute atomic E-state index is 10.3. The second-order valence-electron chi connectivity index (χ2n) is 6.51. The number of nitrogens with zero attached hydrogens (tertiary/aromatic N) is 3. The first-order chi connectivity index (χ1) is 13.0. The second-order valence-corrected chi connectivity index (χ2v) is 9.09. The third kappa shape index (κ3) is 3.30. The van der Waals surface area contributed by atoms with Crippen molar-refractivity contribution in [2.45, 2.75) is 31.2 Å². The van der Waals surface area contributed by atoms with E-state index < -0.39 is 0 Å². The normalized spacial score (nSPS) is 24.1. The third-order valence-corrected chi connectivity index (χ3v) is 7.23. The van der Waals surface area contributed by atoms with Gasteiger partial charge >= 0.3 is 0 Å². The maximum Gasteiger partial charge on any atom is 0.177 e. The number of rotatable bonds is 4. The summed E-state index contributed by atoms with van der Waals surface area (Å²) in [5, 5.41) is 12.1. The molecule has 3 atom stereocenters. The Hall–Kier alpha value is -1.44. The SMILES string of the molecule is CCOc1cc([C@@H]2[C@H](c3ccccn3)N=C3S[C@@H](C)CN32)c(Br)c(Cl)c1O. The molecule has 0 bridgehead atoms. The fourth-order valence-electron chi connectivity index (χ4n) is 3.55. The summed E-state index contributed by atoms with van der Waals surface area (Å²) < 4.78 is 6.28. The van der Waals surface area contributed by atoms with Gasteiger partial charge in [-0.05, 0) is 46.6 Å².